The standard InChI is InChI=1S/C17H16O5/c1-21-9-17(20)7-12-14(13(8-17)22-2)16(19)11-6-4-3-5-10(11)15(12)18/h3-7,20H,8-9H2,1-2H3. The second kappa shape index (κ2) is 5.19. The Bertz CT molecular complexity index is 728. The summed E-state index contributed by atoms with van der Waals surface area (Å²) in [5, 5.41) is 10.6. The number of Topliss-reactive ketones (excluding diaryl/α,β-unsaturated/α-hetero) is 2. The molecular formula is C17H16O5. The molecule has 5 nitrogen and oxygen atoms in total. The van der Waals surface area contributed by atoms with Gasteiger partial charge in [-0.2, -0.15) is 0 Å². The zero-order chi connectivity index (χ0) is 15.9. The van der Waals surface area contributed by atoms with E-state index in [4.69, 9.17) is 9.47 Å². The first-order valence-corrected chi connectivity index (χ1v) is 6.91. The Kier molecular flexibility index (Phi) is 3.47. The first kappa shape index (κ1) is 14.7. The van der Waals surface area contributed by atoms with E-state index in [0.29, 0.717) is 16.9 Å². The molecule has 1 unspecified atom stereocenters. The maximum absolute atomic E-state index is 12.7. The molecule has 0 aromatic heterocycles. The lowest BCUT2D eigenvalue weighted by Gasteiger charge is -2.33. The molecule has 114 valence electrons. The zero-order valence-corrected chi connectivity index (χ0v) is 12.4. The van der Waals surface area contributed by atoms with Crippen molar-refractivity contribution >= 4 is 11.6 Å². The average molecular weight is 300 g/mol. The van der Waals surface area contributed by atoms with Gasteiger partial charge < -0.3 is 14.6 Å². The number of fused-ring (bicyclic) bond motifs is 2. The van der Waals surface area contributed by atoms with Crippen molar-refractivity contribution in [3.63, 3.8) is 0 Å². The average Bonchev–Trinajstić information content (AvgIpc) is 2.51. The molecule has 0 heterocycles. The summed E-state index contributed by atoms with van der Waals surface area (Å²) < 4.78 is 10.3. The molecule has 0 radical (unpaired) electrons. The molecule has 0 spiro atoms. The van der Waals surface area contributed by atoms with Crippen molar-refractivity contribution in [3.8, 4) is 0 Å². The van der Waals surface area contributed by atoms with E-state index in [2.05, 4.69) is 0 Å². The molecule has 0 aliphatic heterocycles. The molecule has 1 N–H and O–H groups in total. The molecule has 0 saturated carbocycles. The number of methoxy groups -OCH3 is 2. The maximum Gasteiger partial charge on any atom is 0.197 e. The van der Waals surface area contributed by atoms with E-state index >= 15 is 0 Å². The fourth-order valence-corrected chi connectivity index (χ4v) is 3.01. The van der Waals surface area contributed by atoms with E-state index in [1.54, 1.807) is 24.3 Å². The van der Waals surface area contributed by atoms with Gasteiger partial charge in [-0.3, -0.25) is 9.59 Å². The van der Waals surface area contributed by atoms with Crippen molar-refractivity contribution in [3.05, 3.63) is 58.4 Å². The monoisotopic (exact) mass is 300 g/mol. The van der Waals surface area contributed by atoms with Crippen molar-refractivity contribution in [2.45, 2.75) is 12.0 Å². The summed E-state index contributed by atoms with van der Waals surface area (Å²) in [6.45, 7) is 0.0136. The normalized spacial score (nSPS) is 23.9. The van der Waals surface area contributed by atoms with E-state index in [1.807, 2.05) is 0 Å². The highest BCUT2D eigenvalue weighted by Gasteiger charge is 2.42. The summed E-state index contributed by atoms with van der Waals surface area (Å²) in [5.74, 6) is -0.225. The van der Waals surface area contributed by atoms with Gasteiger partial charge >= 0.3 is 0 Å². The van der Waals surface area contributed by atoms with Gasteiger partial charge in [0, 0.05) is 30.2 Å². The summed E-state index contributed by atoms with van der Waals surface area (Å²) >= 11 is 0. The zero-order valence-electron chi connectivity index (χ0n) is 12.4. The van der Waals surface area contributed by atoms with Gasteiger partial charge in [-0.15, -0.1) is 0 Å². The minimum Gasteiger partial charge on any atom is -0.500 e. The number of benzene rings is 1. The fraction of sp³-hybridized carbons (Fsp3) is 0.294. The highest BCUT2D eigenvalue weighted by molar-refractivity contribution is 6.31. The Balaban J connectivity index is 2.23. The summed E-state index contributed by atoms with van der Waals surface area (Å²) in [5.41, 5.74) is -0.217. The number of hydrogen-bond donors (Lipinski definition) is 1. The van der Waals surface area contributed by atoms with Crippen LogP contribution >= 0.6 is 0 Å². The molecule has 22 heavy (non-hydrogen) atoms. The largest absolute Gasteiger partial charge is 0.500 e. The number of allylic oxidation sites excluding steroid dienone is 2. The van der Waals surface area contributed by atoms with Crippen LogP contribution in [0.2, 0.25) is 0 Å². The minimum atomic E-state index is -1.36. The van der Waals surface area contributed by atoms with E-state index in [-0.39, 0.29) is 35.7 Å². The molecule has 2 aliphatic carbocycles. The van der Waals surface area contributed by atoms with Gasteiger partial charge in [0.05, 0.1) is 19.3 Å². The number of carbonyl (C=O) groups is 2. The molecule has 0 saturated heterocycles. The lowest BCUT2D eigenvalue weighted by atomic mass is 9.75. The van der Waals surface area contributed by atoms with Gasteiger partial charge in [-0.05, 0) is 6.08 Å². The third-order valence-corrected chi connectivity index (χ3v) is 3.96. The van der Waals surface area contributed by atoms with Crippen molar-refractivity contribution in [1.29, 1.82) is 0 Å². The second-order valence-electron chi connectivity index (χ2n) is 5.48. The minimum absolute atomic E-state index is 0.0136. The lowest BCUT2D eigenvalue weighted by Crippen LogP contribution is -2.39. The van der Waals surface area contributed by atoms with E-state index in [0.717, 1.165) is 0 Å². The molecule has 3 rings (SSSR count). The van der Waals surface area contributed by atoms with Crippen molar-refractivity contribution in [1.82, 2.24) is 0 Å². The Labute approximate surface area is 127 Å². The highest BCUT2D eigenvalue weighted by Crippen LogP contribution is 2.39. The van der Waals surface area contributed by atoms with Crippen LogP contribution in [0.5, 0.6) is 0 Å². The molecule has 1 aromatic rings. The van der Waals surface area contributed by atoms with Crippen LogP contribution in [-0.2, 0) is 9.47 Å². The number of hydrogen-bond acceptors (Lipinski definition) is 5. The summed E-state index contributed by atoms with van der Waals surface area (Å²) in [6.07, 6.45) is 1.52. The first-order valence-electron chi connectivity index (χ1n) is 6.91. The molecule has 0 bridgehead atoms. The Morgan fingerprint density at radius 2 is 1.77 bits per heavy atom. The highest BCUT2D eigenvalue weighted by atomic mass is 16.5. The van der Waals surface area contributed by atoms with Crippen LogP contribution in [0, 0.1) is 0 Å². The molecule has 2 aliphatic rings. The Morgan fingerprint density at radius 3 is 2.36 bits per heavy atom. The van der Waals surface area contributed by atoms with Gasteiger partial charge in [-0.1, -0.05) is 24.3 Å². The van der Waals surface area contributed by atoms with Crippen LogP contribution in [0.3, 0.4) is 0 Å². The Morgan fingerprint density at radius 1 is 1.14 bits per heavy atom. The van der Waals surface area contributed by atoms with Crippen LogP contribution in [0.25, 0.3) is 0 Å². The SMILES string of the molecule is COCC1(O)C=C2C(=O)c3ccccc3C(=O)C2=C(OC)C1. The molecular weight excluding hydrogens is 284 g/mol. The second-order valence-corrected chi connectivity index (χ2v) is 5.48. The van der Waals surface area contributed by atoms with Gasteiger partial charge in [0.2, 0.25) is 0 Å². The fourth-order valence-electron chi connectivity index (χ4n) is 3.01. The first-order chi connectivity index (χ1) is 10.5. The number of ketones is 2. The van der Waals surface area contributed by atoms with Crippen LogP contribution in [0.1, 0.15) is 27.1 Å². The predicted octanol–water partition coefficient (Wildman–Crippen LogP) is 1.67. The topological polar surface area (TPSA) is 72.8 Å². The molecule has 5 heteroatoms. The number of ether oxygens (including phenoxy) is 2. The quantitative estimate of drug-likeness (QED) is 0.919. The number of rotatable bonds is 3. The number of carbonyl (C=O) groups excluding carboxylic acids is 2. The van der Waals surface area contributed by atoms with Crippen molar-refractivity contribution < 1.29 is 24.2 Å². The smallest absolute Gasteiger partial charge is 0.197 e. The number of aliphatic hydroxyl groups is 1. The summed E-state index contributed by atoms with van der Waals surface area (Å²) in [6, 6.07) is 6.67. The van der Waals surface area contributed by atoms with Gasteiger partial charge in [0.25, 0.3) is 0 Å². The van der Waals surface area contributed by atoms with Gasteiger partial charge in [0.1, 0.15) is 11.4 Å². The van der Waals surface area contributed by atoms with E-state index < -0.39 is 5.60 Å². The third kappa shape index (κ3) is 2.10. The van der Waals surface area contributed by atoms with Crippen molar-refractivity contribution in [2.75, 3.05) is 20.8 Å². The molecule has 1 atom stereocenters. The maximum atomic E-state index is 12.7. The summed E-state index contributed by atoms with van der Waals surface area (Å²) in [7, 11) is 2.89. The van der Waals surface area contributed by atoms with Gasteiger partial charge in [-0.25, -0.2) is 0 Å². The van der Waals surface area contributed by atoms with Crippen LogP contribution < -0.4 is 0 Å². The van der Waals surface area contributed by atoms with Crippen molar-refractivity contribution in [2.24, 2.45) is 0 Å². The van der Waals surface area contributed by atoms with Crippen LogP contribution in [0.15, 0.2) is 47.2 Å². The molecule has 1 aromatic carbocycles. The summed E-state index contributed by atoms with van der Waals surface area (Å²) in [4.78, 5) is 25.4. The van der Waals surface area contributed by atoms with E-state index in [9.17, 15) is 14.7 Å². The van der Waals surface area contributed by atoms with Crippen LogP contribution in [-0.4, -0.2) is 43.1 Å². The van der Waals surface area contributed by atoms with Gasteiger partial charge in [0.15, 0.2) is 11.6 Å². The molecule has 0 fully saturated rings. The third-order valence-electron chi connectivity index (χ3n) is 3.96. The van der Waals surface area contributed by atoms with Crippen LogP contribution in [0.4, 0.5) is 0 Å². The Hall–Kier alpha value is -2.24. The van der Waals surface area contributed by atoms with E-state index in [1.165, 1.54) is 20.3 Å². The molecule has 0 amide bonds. The lowest BCUT2D eigenvalue weighted by molar-refractivity contribution is -0.00453. The predicted molar refractivity (Wildman–Crippen MR) is 78.7 cm³/mol.